The second kappa shape index (κ2) is 5.58. The van der Waals surface area contributed by atoms with Gasteiger partial charge < -0.3 is 9.47 Å². The summed E-state index contributed by atoms with van der Waals surface area (Å²) in [5.41, 5.74) is 1.06. The van der Waals surface area contributed by atoms with Gasteiger partial charge in [-0.2, -0.15) is 0 Å². The number of fused-ring (bicyclic) bond motifs is 1. The Bertz CT molecular complexity index is 770. The van der Waals surface area contributed by atoms with E-state index in [9.17, 15) is 4.79 Å². The van der Waals surface area contributed by atoms with Gasteiger partial charge in [0.25, 0.3) is 0 Å². The van der Waals surface area contributed by atoms with Crippen molar-refractivity contribution in [3.05, 3.63) is 54.2 Å². The van der Waals surface area contributed by atoms with Crippen molar-refractivity contribution in [1.29, 1.82) is 0 Å². The lowest BCUT2D eigenvalue weighted by Crippen LogP contribution is -2.05. The van der Waals surface area contributed by atoms with Crippen LogP contribution in [-0.2, 0) is 11.3 Å². The smallest absolute Gasteiger partial charge is 0.339 e. The van der Waals surface area contributed by atoms with Gasteiger partial charge in [0.05, 0.1) is 18.9 Å². The molecule has 0 amide bonds. The monoisotopic (exact) mass is 284 g/mol. The maximum absolute atomic E-state index is 11.6. The predicted octanol–water partition coefficient (Wildman–Crippen LogP) is 1.49. The van der Waals surface area contributed by atoms with Crippen LogP contribution in [0.2, 0.25) is 0 Å². The summed E-state index contributed by atoms with van der Waals surface area (Å²) in [5.74, 6) is 0.808. The van der Waals surface area contributed by atoms with Crippen LogP contribution in [0.1, 0.15) is 16.2 Å². The summed E-state index contributed by atoms with van der Waals surface area (Å²) in [6.45, 7) is 0.220. The van der Waals surface area contributed by atoms with Crippen LogP contribution in [0.25, 0.3) is 5.65 Å². The summed E-state index contributed by atoms with van der Waals surface area (Å²) in [6.07, 6.45) is 4.91. The lowest BCUT2D eigenvalue weighted by molar-refractivity contribution is 0.0600. The molecule has 0 bridgehead atoms. The molecule has 3 aromatic rings. The minimum Gasteiger partial charge on any atom is -0.484 e. The molecule has 106 valence electrons. The number of ether oxygens (including phenoxy) is 2. The molecule has 0 spiro atoms. The molecule has 0 saturated heterocycles. The Kier molecular flexibility index (Phi) is 3.46. The lowest BCUT2D eigenvalue weighted by atomic mass is 10.3. The van der Waals surface area contributed by atoms with Crippen LogP contribution in [0.4, 0.5) is 0 Å². The van der Waals surface area contributed by atoms with Crippen LogP contribution < -0.4 is 4.74 Å². The highest BCUT2D eigenvalue weighted by atomic mass is 16.5. The molecule has 3 aromatic heterocycles. The van der Waals surface area contributed by atoms with E-state index >= 15 is 0 Å². The molecule has 0 N–H and O–H groups in total. The number of hydrogen-bond donors (Lipinski definition) is 0. The van der Waals surface area contributed by atoms with Crippen molar-refractivity contribution in [2.45, 2.75) is 6.61 Å². The van der Waals surface area contributed by atoms with Crippen LogP contribution >= 0.6 is 0 Å². The molecule has 0 aliphatic heterocycles. The molecule has 0 aromatic carbocycles. The number of methoxy groups -OCH3 is 1. The third-order valence-electron chi connectivity index (χ3n) is 2.90. The van der Waals surface area contributed by atoms with Crippen molar-refractivity contribution in [3.63, 3.8) is 0 Å². The van der Waals surface area contributed by atoms with Gasteiger partial charge in [0.1, 0.15) is 12.4 Å². The first-order valence-corrected chi connectivity index (χ1v) is 6.23. The van der Waals surface area contributed by atoms with Gasteiger partial charge in [-0.15, -0.1) is 10.2 Å². The Balaban J connectivity index is 1.86. The van der Waals surface area contributed by atoms with E-state index in [0.29, 0.717) is 22.8 Å². The molecular weight excluding hydrogens is 272 g/mol. The summed E-state index contributed by atoms with van der Waals surface area (Å²) in [6, 6.07) is 6.93. The van der Waals surface area contributed by atoms with Gasteiger partial charge in [-0.25, -0.2) is 4.79 Å². The molecule has 0 aliphatic rings. The molecule has 3 rings (SSSR count). The zero-order valence-corrected chi connectivity index (χ0v) is 11.3. The maximum Gasteiger partial charge on any atom is 0.339 e. The summed E-state index contributed by atoms with van der Waals surface area (Å²) in [5, 5.41) is 8.07. The fourth-order valence-electron chi connectivity index (χ4n) is 1.86. The number of carbonyl (C=O) groups is 1. The second-order valence-corrected chi connectivity index (χ2v) is 4.23. The minimum atomic E-state index is -0.412. The van der Waals surface area contributed by atoms with Crippen LogP contribution in [0, 0.1) is 0 Å². The van der Waals surface area contributed by atoms with E-state index in [2.05, 4.69) is 15.2 Å². The van der Waals surface area contributed by atoms with Crippen molar-refractivity contribution in [2.75, 3.05) is 7.11 Å². The minimum absolute atomic E-state index is 0.220. The first kappa shape index (κ1) is 13.0. The summed E-state index contributed by atoms with van der Waals surface area (Å²) in [7, 11) is 1.34. The highest BCUT2D eigenvalue weighted by molar-refractivity contribution is 5.89. The predicted molar refractivity (Wildman–Crippen MR) is 72.9 cm³/mol. The zero-order chi connectivity index (χ0) is 14.7. The number of pyridine rings is 2. The van der Waals surface area contributed by atoms with Crippen LogP contribution in [-0.4, -0.2) is 32.7 Å². The summed E-state index contributed by atoms with van der Waals surface area (Å²) >= 11 is 0. The lowest BCUT2D eigenvalue weighted by Gasteiger charge is -2.05. The first-order chi connectivity index (χ1) is 10.3. The topological polar surface area (TPSA) is 78.6 Å². The third-order valence-corrected chi connectivity index (χ3v) is 2.90. The highest BCUT2D eigenvalue weighted by Crippen LogP contribution is 2.12. The SMILES string of the molecule is COC(=O)c1ccc2nnc(COc3cccnc3)n2c1. The Hall–Kier alpha value is -2.96. The normalized spacial score (nSPS) is 10.5. The van der Waals surface area contributed by atoms with E-state index in [1.54, 1.807) is 47.3 Å². The fraction of sp³-hybridized carbons (Fsp3) is 0.143. The number of nitrogens with zero attached hydrogens (tertiary/aromatic N) is 4. The zero-order valence-electron chi connectivity index (χ0n) is 11.3. The molecular formula is C14H12N4O3. The van der Waals surface area contributed by atoms with Gasteiger partial charge in [0, 0.05) is 12.4 Å². The van der Waals surface area contributed by atoms with Gasteiger partial charge in [-0.05, 0) is 24.3 Å². The second-order valence-electron chi connectivity index (χ2n) is 4.23. The largest absolute Gasteiger partial charge is 0.484 e. The summed E-state index contributed by atoms with van der Waals surface area (Å²) < 4.78 is 12.0. The summed E-state index contributed by atoms with van der Waals surface area (Å²) in [4.78, 5) is 15.5. The third kappa shape index (κ3) is 2.66. The fourth-order valence-corrected chi connectivity index (χ4v) is 1.86. The van der Waals surface area contributed by atoms with Crippen molar-refractivity contribution in [1.82, 2.24) is 19.6 Å². The van der Waals surface area contributed by atoms with Crippen LogP contribution in [0.5, 0.6) is 5.75 Å². The number of rotatable bonds is 4. The van der Waals surface area contributed by atoms with E-state index in [1.165, 1.54) is 7.11 Å². The van der Waals surface area contributed by atoms with E-state index < -0.39 is 5.97 Å². The standard InChI is InChI=1S/C14H12N4O3/c1-20-14(19)10-4-5-12-16-17-13(18(12)8-10)9-21-11-3-2-6-15-7-11/h2-8H,9H2,1H3. The van der Waals surface area contributed by atoms with Crippen molar-refractivity contribution in [2.24, 2.45) is 0 Å². The molecule has 0 fully saturated rings. The average molecular weight is 284 g/mol. The molecule has 0 unspecified atom stereocenters. The van der Waals surface area contributed by atoms with E-state index in [1.807, 2.05) is 0 Å². The number of esters is 1. The first-order valence-electron chi connectivity index (χ1n) is 6.23. The van der Waals surface area contributed by atoms with E-state index in [4.69, 9.17) is 9.47 Å². The van der Waals surface area contributed by atoms with Gasteiger partial charge in [0.2, 0.25) is 0 Å². The molecule has 21 heavy (non-hydrogen) atoms. The number of hydrogen-bond acceptors (Lipinski definition) is 6. The van der Waals surface area contributed by atoms with E-state index in [0.717, 1.165) is 0 Å². The molecule has 3 heterocycles. The van der Waals surface area contributed by atoms with Crippen molar-refractivity contribution < 1.29 is 14.3 Å². The molecule has 0 saturated carbocycles. The Labute approximate surface area is 120 Å². The molecule has 7 heteroatoms. The van der Waals surface area contributed by atoms with Gasteiger partial charge in [-0.3, -0.25) is 9.38 Å². The van der Waals surface area contributed by atoms with Crippen LogP contribution in [0.15, 0.2) is 42.9 Å². The number of aromatic nitrogens is 4. The molecule has 7 nitrogen and oxygen atoms in total. The van der Waals surface area contributed by atoms with Gasteiger partial charge in [-0.1, -0.05) is 0 Å². The van der Waals surface area contributed by atoms with Gasteiger partial charge >= 0.3 is 5.97 Å². The molecule has 0 aliphatic carbocycles. The Morgan fingerprint density at radius 2 is 2.19 bits per heavy atom. The number of carbonyl (C=O) groups excluding carboxylic acids is 1. The van der Waals surface area contributed by atoms with Crippen molar-refractivity contribution >= 4 is 11.6 Å². The van der Waals surface area contributed by atoms with Gasteiger partial charge in [0.15, 0.2) is 11.5 Å². The molecule has 0 atom stereocenters. The average Bonchev–Trinajstić information content (AvgIpc) is 2.95. The van der Waals surface area contributed by atoms with Crippen LogP contribution in [0.3, 0.4) is 0 Å². The highest BCUT2D eigenvalue weighted by Gasteiger charge is 2.11. The quantitative estimate of drug-likeness (QED) is 0.675. The molecule has 0 radical (unpaired) electrons. The Morgan fingerprint density at radius 3 is 2.95 bits per heavy atom. The Morgan fingerprint density at radius 1 is 1.29 bits per heavy atom. The van der Waals surface area contributed by atoms with E-state index in [-0.39, 0.29) is 6.61 Å². The van der Waals surface area contributed by atoms with Crippen molar-refractivity contribution in [3.8, 4) is 5.75 Å². The maximum atomic E-state index is 11.6.